The minimum atomic E-state index is -0.246. The zero-order valence-electron chi connectivity index (χ0n) is 17.9. The van der Waals surface area contributed by atoms with Gasteiger partial charge in [-0.05, 0) is 67.8 Å². The number of hydrogen-bond acceptors (Lipinski definition) is 5. The number of aryl methyl sites for hydroxylation is 1. The van der Waals surface area contributed by atoms with Crippen molar-refractivity contribution in [3.8, 4) is 11.5 Å². The second-order valence-electron chi connectivity index (χ2n) is 8.11. The van der Waals surface area contributed by atoms with Crippen LogP contribution in [0.4, 0.5) is 0 Å². The Kier molecular flexibility index (Phi) is 6.13. The molecule has 4 rings (SSSR count). The molecule has 0 bridgehead atoms. The number of fused-ring (bicyclic) bond motifs is 2. The molecule has 0 saturated heterocycles. The maximum Gasteiger partial charge on any atom is 0.272 e. The summed E-state index contributed by atoms with van der Waals surface area (Å²) in [6.07, 6.45) is 0. The number of hydrogen-bond donors (Lipinski definition) is 0. The first-order chi connectivity index (χ1) is 13.7. The minimum absolute atomic E-state index is 0.0527. The van der Waals surface area contributed by atoms with Crippen molar-refractivity contribution >= 4 is 28.5 Å². The van der Waals surface area contributed by atoms with Crippen LogP contribution in [0.5, 0.6) is 11.5 Å². The Hall–Kier alpha value is -2.60. The molecule has 0 spiro atoms. The summed E-state index contributed by atoms with van der Waals surface area (Å²) in [5, 5.41) is 4.20. The lowest BCUT2D eigenvalue weighted by Crippen LogP contribution is -2.46. The molecule has 2 aliphatic heterocycles. The van der Waals surface area contributed by atoms with Crippen molar-refractivity contribution in [2.75, 3.05) is 27.3 Å². The highest BCUT2D eigenvalue weighted by molar-refractivity contribution is 7.07. The molecule has 3 heterocycles. The molecule has 1 aromatic carbocycles. The smallest absolute Gasteiger partial charge is 0.272 e. The molecule has 0 atom stereocenters. The molecule has 0 aliphatic carbocycles. The monoisotopic (exact) mass is 412 g/mol. The maximum absolute atomic E-state index is 12.7. The first-order valence-corrected chi connectivity index (χ1v) is 10.5. The lowest BCUT2D eigenvalue weighted by molar-refractivity contribution is -0.126. The fraction of sp³-hybridized carbons (Fsp3) is 0.391. The third-order valence-electron chi connectivity index (χ3n) is 5.11. The molecule has 0 radical (unpaired) electrons. The van der Waals surface area contributed by atoms with Crippen LogP contribution >= 0.6 is 11.3 Å². The lowest BCUT2D eigenvalue weighted by atomic mass is 9.95. The molecular weight excluding hydrogens is 384 g/mol. The van der Waals surface area contributed by atoms with Gasteiger partial charge in [0.1, 0.15) is 23.8 Å². The number of amides is 1. The minimum Gasteiger partial charge on any atom is -0.497 e. The Labute approximate surface area is 176 Å². The Morgan fingerprint density at radius 1 is 1.24 bits per heavy atom. The number of aliphatic imine (C=N–C) groups is 1. The fourth-order valence-corrected chi connectivity index (χ4v) is 3.70. The summed E-state index contributed by atoms with van der Waals surface area (Å²) < 4.78 is 11.1. The van der Waals surface area contributed by atoms with E-state index in [1.807, 2.05) is 46.0 Å². The summed E-state index contributed by atoms with van der Waals surface area (Å²) >= 11 is 1.74. The highest BCUT2D eigenvalue weighted by atomic mass is 32.1. The summed E-state index contributed by atoms with van der Waals surface area (Å²) in [5.41, 5.74) is 4.63. The fourth-order valence-electron chi connectivity index (χ4n) is 3.04. The number of thiophene rings is 1. The van der Waals surface area contributed by atoms with Gasteiger partial charge in [-0.1, -0.05) is 0 Å². The Bertz CT molecular complexity index is 953. The first kappa shape index (κ1) is 21.1. The van der Waals surface area contributed by atoms with E-state index in [4.69, 9.17) is 9.47 Å². The highest BCUT2D eigenvalue weighted by Crippen LogP contribution is 2.38. The average Bonchev–Trinajstić information content (AvgIpc) is 3.35. The number of ether oxygens (including phenoxy) is 2. The molecule has 29 heavy (non-hydrogen) atoms. The summed E-state index contributed by atoms with van der Waals surface area (Å²) in [6.45, 7) is 9.02. The van der Waals surface area contributed by atoms with Crippen LogP contribution < -0.4 is 9.47 Å². The number of methoxy groups -OCH3 is 1. The molecule has 2 aliphatic rings. The lowest BCUT2D eigenvalue weighted by Gasteiger charge is -2.32. The molecule has 2 aromatic rings. The molecular formula is C23H28N2O3S. The standard InChI is InChI=1S/C18H22N2O3.C5H6S/c1-18(2,3)20(4)17(21)16-14-10-23-15-8-11(22-5)6-7-12(15)13(14)9-19-16;1-5-2-3-6-4-5/h6-8H,9-10H2,1-5H3;2-4H,1H3. The second kappa shape index (κ2) is 8.41. The van der Waals surface area contributed by atoms with Crippen molar-refractivity contribution in [3.05, 3.63) is 51.7 Å². The molecule has 0 unspecified atom stereocenters. The normalized spacial score (nSPS) is 14.8. The molecule has 154 valence electrons. The van der Waals surface area contributed by atoms with Gasteiger partial charge in [-0.15, -0.1) is 0 Å². The Morgan fingerprint density at radius 2 is 2.00 bits per heavy atom. The maximum atomic E-state index is 12.7. The van der Waals surface area contributed by atoms with Gasteiger partial charge in [0, 0.05) is 29.8 Å². The molecule has 1 amide bonds. The largest absolute Gasteiger partial charge is 0.497 e. The molecule has 1 aromatic heterocycles. The van der Waals surface area contributed by atoms with E-state index in [-0.39, 0.29) is 11.4 Å². The van der Waals surface area contributed by atoms with Crippen molar-refractivity contribution in [3.63, 3.8) is 0 Å². The van der Waals surface area contributed by atoms with Crippen LogP contribution in [0.3, 0.4) is 0 Å². The number of nitrogens with zero attached hydrogens (tertiary/aromatic N) is 2. The van der Waals surface area contributed by atoms with Crippen LogP contribution in [0, 0.1) is 6.92 Å². The topological polar surface area (TPSA) is 51.1 Å². The molecule has 0 N–H and O–H groups in total. The number of carbonyl (C=O) groups is 1. The van der Waals surface area contributed by atoms with Gasteiger partial charge in [-0.25, -0.2) is 0 Å². The molecule has 0 fully saturated rings. The van der Waals surface area contributed by atoms with Gasteiger partial charge >= 0.3 is 0 Å². The van der Waals surface area contributed by atoms with E-state index in [1.54, 1.807) is 23.3 Å². The van der Waals surface area contributed by atoms with Crippen molar-refractivity contribution < 1.29 is 14.3 Å². The zero-order valence-corrected chi connectivity index (χ0v) is 18.7. The SMILES string of the molecule is COc1ccc2c(c1)OCC1=C2CN=C1C(=O)N(C)C(C)(C)C.Cc1ccsc1. The average molecular weight is 413 g/mol. The van der Waals surface area contributed by atoms with E-state index in [0.717, 1.165) is 28.2 Å². The van der Waals surface area contributed by atoms with Crippen LogP contribution in [-0.4, -0.2) is 49.4 Å². The third kappa shape index (κ3) is 4.53. The molecule has 6 heteroatoms. The van der Waals surface area contributed by atoms with Crippen molar-refractivity contribution in [2.24, 2.45) is 4.99 Å². The predicted molar refractivity (Wildman–Crippen MR) is 119 cm³/mol. The van der Waals surface area contributed by atoms with Crippen LogP contribution in [0.2, 0.25) is 0 Å². The van der Waals surface area contributed by atoms with E-state index in [9.17, 15) is 4.79 Å². The van der Waals surface area contributed by atoms with Crippen molar-refractivity contribution in [1.82, 2.24) is 4.90 Å². The third-order valence-corrected chi connectivity index (χ3v) is 5.91. The number of benzene rings is 1. The van der Waals surface area contributed by atoms with Crippen molar-refractivity contribution in [1.29, 1.82) is 0 Å². The van der Waals surface area contributed by atoms with E-state index >= 15 is 0 Å². The van der Waals surface area contributed by atoms with Gasteiger partial charge in [0.25, 0.3) is 5.91 Å². The Morgan fingerprint density at radius 3 is 2.55 bits per heavy atom. The van der Waals surface area contributed by atoms with Crippen LogP contribution in [0.1, 0.15) is 31.9 Å². The summed E-state index contributed by atoms with van der Waals surface area (Å²) in [5.74, 6) is 1.50. The molecule has 5 nitrogen and oxygen atoms in total. The zero-order chi connectivity index (χ0) is 21.2. The van der Waals surface area contributed by atoms with Crippen LogP contribution in [0.25, 0.3) is 5.57 Å². The number of rotatable bonds is 2. The van der Waals surface area contributed by atoms with Gasteiger partial charge in [0.05, 0.1) is 13.7 Å². The number of carbonyl (C=O) groups excluding carboxylic acids is 1. The van der Waals surface area contributed by atoms with E-state index in [2.05, 4.69) is 28.7 Å². The highest BCUT2D eigenvalue weighted by Gasteiger charge is 2.34. The Balaban J connectivity index is 0.000000343. The summed E-state index contributed by atoms with van der Waals surface area (Å²) in [6, 6.07) is 7.85. The molecule has 0 saturated carbocycles. The van der Waals surface area contributed by atoms with E-state index < -0.39 is 0 Å². The van der Waals surface area contributed by atoms with E-state index in [0.29, 0.717) is 18.9 Å². The van der Waals surface area contributed by atoms with Crippen LogP contribution in [0.15, 0.2) is 45.6 Å². The van der Waals surface area contributed by atoms with Gasteiger partial charge in [-0.3, -0.25) is 9.79 Å². The summed E-state index contributed by atoms with van der Waals surface area (Å²) in [4.78, 5) is 19.0. The first-order valence-electron chi connectivity index (χ1n) is 9.57. The summed E-state index contributed by atoms with van der Waals surface area (Å²) in [7, 11) is 3.44. The predicted octanol–water partition coefficient (Wildman–Crippen LogP) is 4.61. The van der Waals surface area contributed by atoms with E-state index in [1.165, 1.54) is 5.56 Å². The van der Waals surface area contributed by atoms with Gasteiger partial charge < -0.3 is 14.4 Å². The second-order valence-corrected chi connectivity index (χ2v) is 8.89. The van der Waals surface area contributed by atoms with Gasteiger partial charge in [0.15, 0.2) is 0 Å². The van der Waals surface area contributed by atoms with Crippen molar-refractivity contribution in [2.45, 2.75) is 33.2 Å². The quantitative estimate of drug-likeness (QED) is 0.724. The van der Waals surface area contributed by atoms with Gasteiger partial charge in [0.2, 0.25) is 0 Å². The van der Waals surface area contributed by atoms with Crippen LogP contribution in [-0.2, 0) is 4.79 Å². The van der Waals surface area contributed by atoms with Gasteiger partial charge in [-0.2, -0.15) is 11.3 Å².